The molecule has 0 spiro atoms. The van der Waals surface area contributed by atoms with E-state index in [2.05, 4.69) is 11.9 Å². The molecule has 0 saturated carbocycles. The quantitative estimate of drug-likeness (QED) is 0.245. The fraction of sp³-hybridized carbons (Fsp3) is 0.160. The second kappa shape index (κ2) is 7.97. The Balaban J connectivity index is 1.70. The number of aromatic nitrogens is 1. The molecule has 1 N–H and O–H groups in total. The van der Waals surface area contributed by atoms with Gasteiger partial charge in [-0.15, -0.1) is 0 Å². The molecule has 1 fully saturated rings. The summed E-state index contributed by atoms with van der Waals surface area (Å²) in [6, 6.07) is 13.3. The van der Waals surface area contributed by atoms with E-state index in [4.69, 9.17) is 4.42 Å². The Morgan fingerprint density at radius 1 is 1.15 bits per heavy atom. The average Bonchev–Trinajstić information content (AvgIpc) is 3.49. The number of hydrogen-bond donors (Lipinski definition) is 1. The van der Waals surface area contributed by atoms with Crippen molar-refractivity contribution in [2.24, 2.45) is 0 Å². The van der Waals surface area contributed by atoms with Crippen LogP contribution in [0.4, 0.5) is 9.52 Å². The number of amides is 1. The number of nitrogens with zero attached hydrogens (tertiary/aromatic N) is 2. The van der Waals surface area contributed by atoms with E-state index in [1.54, 1.807) is 19.1 Å². The third kappa shape index (κ3) is 3.52. The Kier molecular flexibility index (Phi) is 5.09. The second-order valence-corrected chi connectivity index (χ2v) is 8.79. The van der Waals surface area contributed by atoms with Gasteiger partial charge in [0, 0.05) is 5.56 Å². The highest BCUT2D eigenvalue weighted by Gasteiger charge is 2.49. The number of aliphatic hydroxyl groups is 1. The van der Waals surface area contributed by atoms with E-state index >= 15 is 0 Å². The Morgan fingerprint density at radius 2 is 1.91 bits per heavy atom. The number of furan rings is 1. The molecule has 1 unspecified atom stereocenters. The lowest BCUT2D eigenvalue weighted by Crippen LogP contribution is -2.29. The van der Waals surface area contributed by atoms with Gasteiger partial charge in [-0.2, -0.15) is 0 Å². The minimum Gasteiger partial charge on any atom is -0.507 e. The molecule has 3 heterocycles. The first-order chi connectivity index (χ1) is 15.9. The summed E-state index contributed by atoms with van der Waals surface area (Å²) in [6.45, 7) is 3.80. The first kappa shape index (κ1) is 21.1. The molecule has 5 rings (SSSR count). The van der Waals surface area contributed by atoms with Crippen molar-refractivity contribution in [2.75, 3.05) is 4.90 Å². The number of rotatable bonds is 4. The van der Waals surface area contributed by atoms with E-state index in [1.807, 2.05) is 18.2 Å². The molecule has 6 nitrogen and oxygen atoms in total. The number of carbonyl (C=O) groups excluding carboxylic acids is 2. The number of aliphatic hydroxyl groups excluding tert-OH is 1. The van der Waals surface area contributed by atoms with E-state index in [1.165, 1.54) is 40.5 Å². The molecule has 1 amide bonds. The monoisotopic (exact) mass is 462 g/mol. The minimum atomic E-state index is -1.00. The van der Waals surface area contributed by atoms with Gasteiger partial charge in [0.15, 0.2) is 5.13 Å². The number of ketones is 1. The third-order valence-electron chi connectivity index (χ3n) is 5.65. The highest BCUT2D eigenvalue weighted by atomic mass is 32.1. The predicted molar refractivity (Wildman–Crippen MR) is 124 cm³/mol. The summed E-state index contributed by atoms with van der Waals surface area (Å²) in [5.74, 6) is -1.63. The number of halogens is 1. The highest BCUT2D eigenvalue weighted by molar-refractivity contribution is 7.22. The fourth-order valence-electron chi connectivity index (χ4n) is 3.94. The lowest BCUT2D eigenvalue weighted by Gasteiger charge is -2.20. The summed E-state index contributed by atoms with van der Waals surface area (Å²) < 4.78 is 20.1. The van der Waals surface area contributed by atoms with Gasteiger partial charge in [0.05, 0.1) is 15.8 Å². The number of carbonyl (C=O) groups is 2. The van der Waals surface area contributed by atoms with Crippen LogP contribution in [0.3, 0.4) is 0 Å². The zero-order chi connectivity index (χ0) is 23.3. The van der Waals surface area contributed by atoms with Gasteiger partial charge >= 0.3 is 5.91 Å². The number of thiazole rings is 1. The molecule has 0 radical (unpaired) electrons. The van der Waals surface area contributed by atoms with E-state index in [-0.39, 0.29) is 11.1 Å². The Hall–Kier alpha value is -3.78. The first-order valence-electron chi connectivity index (χ1n) is 10.4. The molecule has 0 aliphatic carbocycles. The number of Topliss-reactive ketones (excluding diaryl/α,β-unsaturated/α-hetero) is 1. The van der Waals surface area contributed by atoms with E-state index in [0.29, 0.717) is 22.2 Å². The average molecular weight is 463 g/mol. The van der Waals surface area contributed by atoms with Crippen molar-refractivity contribution in [1.82, 2.24) is 4.98 Å². The molecule has 8 heteroatoms. The van der Waals surface area contributed by atoms with Crippen molar-refractivity contribution in [2.45, 2.75) is 26.3 Å². The van der Waals surface area contributed by atoms with Crippen molar-refractivity contribution >= 4 is 44.1 Å². The molecule has 2 aromatic heterocycles. The van der Waals surface area contributed by atoms with Gasteiger partial charge in [-0.1, -0.05) is 24.3 Å². The van der Waals surface area contributed by atoms with Crippen molar-refractivity contribution in [3.8, 4) is 0 Å². The van der Waals surface area contributed by atoms with E-state index in [0.717, 1.165) is 16.7 Å². The number of aryl methyl sites for hydroxylation is 2. The van der Waals surface area contributed by atoms with Crippen molar-refractivity contribution in [3.05, 3.63) is 88.6 Å². The van der Waals surface area contributed by atoms with Crippen LogP contribution in [0.1, 0.15) is 35.6 Å². The SMILES string of the molecule is CCc1ccc2nc(N3C(=O)C(=O)C(=C(O)c4ccc(F)cc4)C3c3ccc(C)o3)sc2c1. The smallest absolute Gasteiger partial charge is 0.302 e. The second-order valence-electron chi connectivity index (χ2n) is 7.78. The standard InChI is InChI=1S/C25H19FN2O4S/c1-3-14-5-10-17-19(12-14)33-25(27-17)28-21(18-11-4-13(2)32-18)20(23(30)24(28)31)22(29)15-6-8-16(26)9-7-15/h4-12,21,29H,3H2,1-2H3. The summed E-state index contributed by atoms with van der Waals surface area (Å²) in [5.41, 5.74) is 1.94. The Morgan fingerprint density at radius 3 is 2.58 bits per heavy atom. The fourth-order valence-corrected chi connectivity index (χ4v) is 5.00. The molecule has 1 saturated heterocycles. The van der Waals surface area contributed by atoms with Gasteiger partial charge in [0.2, 0.25) is 0 Å². The van der Waals surface area contributed by atoms with Crippen LogP contribution in [-0.4, -0.2) is 21.8 Å². The van der Waals surface area contributed by atoms with E-state index in [9.17, 15) is 19.1 Å². The van der Waals surface area contributed by atoms with Crippen molar-refractivity contribution < 1.29 is 23.5 Å². The number of fused-ring (bicyclic) bond motifs is 1. The summed E-state index contributed by atoms with van der Waals surface area (Å²) in [7, 11) is 0. The van der Waals surface area contributed by atoms with Gasteiger partial charge in [-0.05, 0) is 67.4 Å². The third-order valence-corrected chi connectivity index (χ3v) is 6.67. The maximum Gasteiger partial charge on any atom is 0.302 e. The summed E-state index contributed by atoms with van der Waals surface area (Å²) >= 11 is 1.29. The van der Waals surface area contributed by atoms with Crippen LogP contribution in [0.5, 0.6) is 0 Å². The number of anilines is 1. The lowest BCUT2D eigenvalue weighted by molar-refractivity contribution is -0.132. The van der Waals surface area contributed by atoms with Crippen LogP contribution in [0.25, 0.3) is 16.0 Å². The molecule has 4 aromatic rings. The van der Waals surface area contributed by atoms with Crippen LogP contribution in [-0.2, 0) is 16.0 Å². The zero-order valence-electron chi connectivity index (χ0n) is 17.8. The molecule has 166 valence electrons. The Bertz CT molecular complexity index is 1430. The molecule has 1 aliphatic heterocycles. The summed E-state index contributed by atoms with van der Waals surface area (Å²) in [5, 5.41) is 11.3. The van der Waals surface area contributed by atoms with Crippen LogP contribution in [0.15, 0.2) is 64.6 Å². The topological polar surface area (TPSA) is 83.6 Å². The van der Waals surface area contributed by atoms with E-state index < -0.39 is 29.3 Å². The summed E-state index contributed by atoms with van der Waals surface area (Å²) in [4.78, 5) is 32.2. The van der Waals surface area contributed by atoms with Gasteiger partial charge in [0.25, 0.3) is 5.78 Å². The van der Waals surface area contributed by atoms with Crippen LogP contribution in [0.2, 0.25) is 0 Å². The largest absolute Gasteiger partial charge is 0.507 e. The van der Waals surface area contributed by atoms with Gasteiger partial charge in [-0.25, -0.2) is 9.37 Å². The van der Waals surface area contributed by atoms with Gasteiger partial charge in [0.1, 0.15) is 29.1 Å². The maximum atomic E-state index is 13.4. The molecule has 2 aromatic carbocycles. The highest BCUT2D eigenvalue weighted by Crippen LogP contribution is 2.44. The first-order valence-corrected chi connectivity index (χ1v) is 11.2. The van der Waals surface area contributed by atoms with Gasteiger partial charge in [-0.3, -0.25) is 14.5 Å². The summed E-state index contributed by atoms with van der Waals surface area (Å²) in [6.07, 6.45) is 0.858. The van der Waals surface area contributed by atoms with Crippen LogP contribution < -0.4 is 4.90 Å². The minimum absolute atomic E-state index is 0.130. The molecular formula is C25H19FN2O4S. The molecule has 33 heavy (non-hydrogen) atoms. The lowest BCUT2D eigenvalue weighted by atomic mass is 9.99. The molecule has 0 bridgehead atoms. The number of hydrogen-bond acceptors (Lipinski definition) is 6. The molecule has 1 aliphatic rings. The number of benzene rings is 2. The zero-order valence-corrected chi connectivity index (χ0v) is 18.6. The molecular weight excluding hydrogens is 443 g/mol. The molecule has 1 atom stereocenters. The normalized spacial score (nSPS) is 17.9. The van der Waals surface area contributed by atoms with Crippen molar-refractivity contribution in [1.29, 1.82) is 0 Å². The van der Waals surface area contributed by atoms with Crippen LogP contribution in [0, 0.1) is 12.7 Å². The van der Waals surface area contributed by atoms with Gasteiger partial charge < -0.3 is 9.52 Å². The van der Waals surface area contributed by atoms with Crippen molar-refractivity contribution in [3.63, 3.8) is 0 Å². The van der Waals surface area contributed by atoms with Crippen LogP contribution >= 0.6 is 11.3 Å². The maximum absolute atomic E-state index is 13.4. The Labute approximate surface area is 192 Å². The predicted octanol–water partition coefficient (Wildman–Crippen LogP) is 5.53.